The van der Waals surface area contributed by atoms with Gasteiger partial charge in [-0.2, -0.15) is 4.98 Å². The molecule has 4 rings (SSSR count). The van der Waals surface area contributed by atoms with Crippen molar-refractivity contribution in [3.05, 3.63) is 82.6 Å². The van der Waals surface area contributed by atoms with Gasteiger partial charge in [0, 0.05) is 26.6 Å². The summed E-state index contributed by atoms with van der Waals surface area (Å²) in [6.07, 6.45) is 2.17. The lowest BCUT2D eigenvalue weighted by Crippen LogP contribution is -2.46. The number of imidazole rings is 1. The number of rotatable bonds is 8. The van der Waals surface area contributed by atoms with Crippen LogP contribution >= 0.6 is 0 Å². The number of aromatic nitrogens is 2. The number of hydrogen-bond donors (Lipinski definition) is 1. The number of nitrogens with zero attached hydrogens (tertiary/aromatic N) is 3. The molecule has 1 aliphatic rings. The molecule has 3 aromatic rings. The molecule has 1 amide bonds. The molecule has 7 heteroatoms. The fourth-order valence-electron chi connectivity index (χ4n) is 4.98. The van der Waals surface area contributed by atoms with Gasteiger partial charge in [0.25, 0.3) is 0 Å². The van der Waals surface area contributed by atoms with Crippen LogP contribution in [0.3, 0.4) is 0 Å². The minimum Gasteiger partial charge on any atom is -0.480 e. The van der Waals surface area contributed by atoms with E-state index in [0.717, 1.165) is 35.6 Å². The maximum absolute atomic E-state index is 14.2. The summed E-state index contributed by atoms with van der Waals surface area (Å²) in [4.78, 5) is 20.2. The van der Waals surface area contributed by atoms with E-state index in [1.165, 1.54) is 0 Å². The van der Waals surface area contributed by atoms with E-state index < -0.39 is 6.04 Å². The van der Waals surface area contributed by atoms with Gasteiger partial charge in [0.2, 0.25) is 11.8 Å². The van der Waals surface area contributed by atoms with Crippen LogP contribution in [-0.4, -0.2) is 41.1 Å². The van der Waals surface area contributed by atoms with Crippen molar-refractivity contribution < 1.29 is 13.9 Å². The predicted octanol–water partition coefficient (Wildman–Crippen LogP) is 4.38. The number of hydrogen-bond acceptors (Lipinski definition) is 4. The molecule has 2 aromatic carbocycles. The Morgan fingerprint density at radius 3 is 2.65 bits per heavy atom. The van der Waals surface area contributed by atoms with Gasteiger partial charge in [0.05, 0.1) is 18.8 Å². The van der Waals surface area contributed by atoms with Crippen molar-refractivity contribution in [3.63, 3.8) is 0 Å². The molecule has 0 bridgehead atoms. The lowest BCUT2D eigenvalue weighted by Gasteiger charge is -2.41. The van der Waals surface area contributed by atoms with Crippen LogP contribution in [0.1, 0.15) is 53.6 Å². The number of aryl methyl sites for hydroxylation is 3. The Kier molecular flexibility index (Phi) is 7.32. The monoisotopic (exact) mass is 464 g/mol. The van der Waals surface area contributed by atoms with Gasteiger partial charge in [-0.25, -0.2) is 4.39 Å². The van der Waals surface area contributed by atoms with Crippen molar-refractivity contribution in [2.24, 2.45) is 0 Å². The quantitative estimate of drug-likeness (QED) is 0.538. The third kappa shape index (κ3) is 4.57. The second-order valence-electron chi connectivity index (χ2n) is 8.73. The van der Waals surface area contributed by atoms with Crippen LogP contribution in [0, 0.1) is 12.7 Å². The maximum Gasteiger partial charge on any atom is 0.241 e. The SMILES string of the molecule is CCc1nc(OC)c2n1CCN([C@@H](C(=O)NC)c1ccccc1)[C@H]2CCc1ccc(C)c(F)c1. The largest absolute Gasteiger partial charge is 0.480 e. The van der Waals surface area contributed by atoms with Gasteiger partial charge in [-0.05, 0) is 42.5 Å². The molecular weight excluding hydrogens is 431 g/mol. The Bertz CT molecular complexity index is 1150. The molecule has 0 radical (unpaired) electrons. The van der Waals surface area contributed by atoms with E-state index in [-0.39, 0.29) is 17.8 Å². The molecular formula is C27H33FN4O2. The van der Waals surface area contributed by atoms with E-state index in [0.29, 0.717) is 30.8 Å². The Morgan fingerprint density at radius 1 is 1.24 bits per heavy atom. The first-order valence-electron chi connectivity index (χ1n) is 11.9. The van der Waals surface area contributed by atoms with Crippen molar-refractivity contribution in [3.8, 4) is 5.88 Å². The van der Waals surface area contributed by atoms with Crippen LogP contribution in [0.25, 0.3) is 0 Å². The Balaban J connectivity index is 1.77. The van der Waals surface area contributed by atoms with Gasteiger partial charge in [-0.3, -0.25) is 9.69 Å². The van der Waals surface area contributed by atoms with Crippen LogP contribution in [-0.2, 0) is 24.2 Å². The summed E-state index contributed by atoms with van der Waals surface area (Å²) >= 11 is 0. The van der Waals surface area contributed by atoms with Crippen molar-refractivity contribution in [1.82, 2.24) is 19.8 Å². The highest BCUT2D eigenvalue weighted by molar-refractivity contribution is 5.83. The fourth-order valence-corrected chi connectivity index (χ4v) is 4.98. The summed E-state index contributed by atoms with van der Waals surface area (Å²) in [5.74, 6) is 1.33. The Morgan fingerprint density at radius 2 is 2.00 bits per heavy atom. The average molecular weight is 465 g/mol. The van der Waals surface area contributed by atoms with Gasteiger partial charge >= 0.3 is 0 Å². The van der Waals surface area contributed by atoms with E-state index in [1.807, 2.05) is 42.5 Å². The van der Waals surface area contributed by atoms with Crippen LogP contribution in [0.15, 0.2) is 48.5 Å². The van der Waals surface area contributed by atoms with Crippen LogP contribution < -0.4 is 10.1 Å². The topological polar surface area (TPSA) is 59.4 Å². The normalized spacial score (nSPS) is 16.7. The predicted molar refractivity (Wildman–Crippen MR) is 130 cm³/mol. The van der Waals surface area contributed by atoms with E-state index in [9.17, 15) is 9.18 Å². The molecule has 1 aliphatic heterocycles. The van der Waals surface area contributed by atoms with Crippen molar-refractivity contribution >= 4 is 5.91 Å². The third-order valence-corrected chi connectivity index (χ3v) is 6.74. The molecule has 0 spiro atoms. The number of halogens is 1. The zero-order chi connectivity index (χ0) is 24.2. The van der Waals surface area contributed by atoms with Gasteiger partial charge < -0.3 is 14.6 Å². The molecule has 0 aliphatic carbocycles. The van der Waals surface area contributed by atoms with Crippen molar-refractivity contribution in [1.29, 1.82) is 0 Å². The molecule has 6 nitrogen and oxygen atoms in total. The molecule has 1 N–H and O–H groups in total. The summed E-state index contributed by atoms with van der Waals surface area (Å²) < 4.78 is 22.2. The highest BCUT2D eigenvalue weighted by Gasteiger charge is 2.39. The zero-order valence-corrected chi connectivity index (χ0v) is 20.3. The number of carbonyl (C=O) groups excluding carboxylic acids is 1. The van der Waals surface area contributed by atoms with Gasteiger partial charge in [0.1, 0.15) is 17.7 Å². The lowest BCUT2D eigenvalue weighted by atomic mass is 9.95. The van der Waals surface area contributed by atoms with Crippen molar-refractivity contribution in [2.45, 2.75) is 51.7 Å². The number of fused-ring (bicyclic) bond motifs is 1. The van der Waals surface area contributed by atoms with E-state index in [2.05, 4.69) is 21.7 Å². The number of benzene rings is 2. The molecule has 2 heterocycles. The molecule has 0 unspecified atom stereocenters. The van der Waals surface area contributed by atoms with Crippen LogP contribution in [0.5, 0.6) is 5.88 Å². The molecule has 34 heavy (non-hydrogen) atoms. The van der Waals surface area contributed by atoms with E-state index >= 15 is 0 Å². The number of ether oxygens (including phenoxy) is 1. The van der Waals surface area contributed by atoms with E-state index in [4.69, 9.17) is 9.72 Å². The molecule has 1 aromatic heterocycles. The average Bonchev–Trinajstić information content (AvgIpc) is 3.24. The number of amides is 1. The van der Waals surface area contributed by atoms with Gasteiger partial charge in [0.15, 0.2) is 0 Å². The minimum absolute atomic E-state index is 0.0553. The Hall–Kier alpha value is -3.19. The third-order valence-electron chi connectivity index (χ3n) is 6.74. The summed E-state index contributed by atoms with van der Waals surface area (Å²) in [5.41, 5.74) is 3.50. The van der Waals surface area contributed by atoms with Gasteiger partial charge in [-0.1, -0.05) is 49.4 Å². The fraction of sp³-hybridized carbons (Fsp3) is 0.407. The second kappa shape index (κ2) is 10.4. The standard InChI is InChI=1S/C27H33FN4O2/c1-5-23-30-27(34-4)25-22(14-13-19-12-11-18(2)21(28)17-19)31(15-16-32(23)25)24(26(33)29-3)20-9-7-6-8-10-20/h6-12,17,22,24H,5,13-16H2,1-4H3,(H,29,33)/t22-,24+/m0/s1. The van der Waals surface area contributed by atoms with E-state index in [1.54, 1.807) is 27.1 Å². The van der Waals surface area contributed by atoms with Crippen LogP contribution in [0.4, 0.5) is 4.39 Å². The summed E-state index contributed by atoms with van der Waals surface area (Å²) in [5, 5.41) is 2.85. The Labute approximate surface area is 200 Å². The molecule has 0 saturated carbocycles. The first-order valence-corrected chi connectivity index (χ1v) is 11.9. The molecule has 180 valence electrons. The highest BCUT2D eigenvalue weighted by atomic mass is 19.1. The summed E-state index contributed by atoms with van der Waals surface area (Å²) in [6, 6.07) is 14.7. The molecule has 0 fully saturated rings. The van der Waals surface area contributed by atoms with Gasteiger partial charge in [-0.15, -0.1) is 0 Å². The smallest absolute Gasteiger partial charge is 0.241 e. The highest BCUT2D eigenvalue weighted by Crippen LogP contribution is 2.41. The summed E-state index contributed by atoms with van der Waals surface area (Å²) in [7, 11) is 3.31. The number of methoxy groups -OCH3 is 1. The number of nitrogens with one attached hydrogen (secondary N) is 1. The maximum atomic E-state index is 14.2. The van der Waals surface area contributed by atoms with Crippen molar-refractivity contribution in [2.75, 3.05) is 20.7 Å². The minimum atomic E-state index is -0.454. The first kappa shape index (κ1) is 24.0. The number of carbonyl (C=O) groups is 1. The first-order chi connectivity index (χ1) is 16.5. The second-order valence-corrected chi connectivity index (χ2v) is 8.73. The summed E-state index contributed by atoms with van der Waals surface area (Å²) in [6.45, 7) is 5.28. The lowest BCUT2D eigenvalue weighted by molar-refractivity contribution is -0.128. The molecule has 2 atom stereocenters. The molecule has 0 saturated heterocycles. The van der Waals surface area contributed by atoms with Crippen LogP contribution in [0.2, 0.25) is 0 Å². The zero-order valence-electron chi connectivity index (χ0n) is 20.3. The number of likely N-dealkylation sites (N-methyl/N-ethyl adjacent to an activating group) is 1.